The van der Waals surface area contributed by atoms with Crippen molar-refractivity contribution in [3.8, 4) is 11.5 Å². The van der Waals surface area contributed by atoms with Crippen molar-refractivity contribution in [2.45, 2.75) is 27.2 Å². The second kappa shape index (κ2) is 5.17. The largest absolute Gasteiger partial charge is 0.493 e. The minimum Gasteiger partial charge on any atom is -0.493 e. The normalized spacial score (nSPS) is 11.1. The molecule has 0 aliphatic carbocycles. The molecule has 1 aromatic rings. The summed E-state index contributed by atoms with van der Waals surface area (Å²) in [5.41, 5.74) is -0.148. The number of ether oxygens (including phenoxy) is 2. The molecule has 0 amide bonds. The Bertz CT molecular complexity index is 408. The number of carbonyl (C=O) groups excluding carboxylic acids is 1. The van der Waals surface area contributed by atoms with Gasteiger partial charge in [-0.15, -0.1) is 0 Å². The molecule has 1 aromatic carbocycles. The molecule has 0 spiro atoms. The lowest BCUT2D eigenvalue weighted by molar-refractivity contribution is -0.136. The third-order valence-electron chi connectivity index (χ3n) is 2.02. The number of benzene rings is 1. The van der Waals surface area contributed by atoms with E-state index in [1.165, 1.54) is 25.3 Å². The second-order valence-corrected chi connectivity index (χ2v) is 5.01. The van der Waals surface area contributed by atoms with Crippen LogP contribution in [-0.2, 0) is 4.79 Å². The number of rotatable bonds is 3. The van der Waals surface area contributed by atoms with Crippen LogP contribution in [0.1, 0.15) is 27.2 Å². The summed E-state index contributed by atoms with van der Waals surface area (Å²) in [5.74, 6) is -0.338. The van der Waals surface area contributed by atoms with Gasteiger partial charge in [-0.2, -0.15) is 0 Å². The van der Waals surface area contributed by atoms with Gasteiger partial charge in [-0.3, -0.25) is 4.79 Å². The van der Waals surface area contributed by atoms with Crippen molar-refractivity contribution in [2.75, 3.05) is 7.11 Å². The number of halogens is 1. The first-order chi connectivity index (χ1) is 7.81. The van der Waals surface area contributed by atoms with Gasteiger partial charge in [-0.05, 0) is 17.5 Å². The summed E-state index contributed by atoms with van der Waals surface area (Å²) >= 11 is 0. The Hall–Kier alpha value is -1.58. The second-order valence-electron chi connectivity index (χ2n) is 5.01. The third kappa shape index (κ3) is 4.43. The number of esters is 1. The highest BCUT2D eigenvalue weighted by Crippen LogP contribution is 2.29. The first-order valence-corrected chi connectivity index (χ1v) is 5.36. The van der Waals surface area contributed by atoms with Gasteiger partial charge in [0.1, 0.15) is 5.82 Å². The highest BCUT2D eigenvalue weighted by molar-refractivity contribution is 5.73. The van der Waals surface area contributed by atoms with E-state index in [1.807, 2.05) is 20.8 Å². The van der Waals surface area contributed by atoms with E-state index in [0.29, 0.717) is 0 Å². The van der Waals surface area contributed by atoms with Gasteiger partial charge in [0.2, 0.25) is 0 Å². The molecule has 1 rings (SSSR count). The SMILES string of the molecule is COc1cc(F)ccc1OC(=O)CC(C)(C)C. The molecule has 0 aliphatic rings. The van der Waals surface area contributed by atoms with Crippen LogP contribution >= 0.6 is 0 Å². The molecule has 3 nitrogen and oxygen atoms in total. The van der Waals surface area contributed by atoms with Gasteiger partial charge in [-0.25, -0.2) is 4.39 Å². The number of methoxy groups -OCH3 is 1. The monoisotopic (exact) mass is 240 g/mol. The zero-order valence-electron chi connectivity index (χ0n) is 10.5. The van der Waals surface area contributed by atoms with Crippen LogP contribution in [0.3, 0.4) is 0 Å². The molecule has 0 radical (unpaired) electrons. The maximum atomic E-state index is 12.9. The molecule has 0 aromatic heterocycles. The van der Waals surface area contributed by atoms with Crippen molar-refractivity contribution in [1.82, 2.24) is 0 Å². The first kappa shape index (κ1) is 13.5. The molecule has 17 heavy (non-hydrogen) atoms. The van der Waals surface area contributed by atoms with E-state index < -0.39 is 5.82 Å². The van der Waals surface area contributed by atoms with E-state index in [-0.39, 0.29) is 29.3 Å². The molecule has 0 N–H and O–H groups in total. The van der Waals surface area contributed by atoms with Crippen molar-refractivity contribution in [3.63, 3.8) is 0 Å². The number of carbonyl (C=O) groups is 1. The first-order valence-electron chi connectivity index (χ1n) is 5.36. The van der Waals surface area contributed by atoms with Gasteiger partial charge in [0.25, 0.3) is 0 Å². The van der Waals surface area contributed by atoms with E-state index in [1.54, 1.807) is 0 Å². The standard InChI is InChI=1S/C13H17FO3/c1-13(2,3)8-12(15)17-10-6-5-9(14)7-11(10)16-4/h5-7H,8H2,1-4H3. The Labute approximate surface area is 101 Å². The van der Waals surface area contributed by atoms with Crippen molar-refractivity contribution < 1.29 is 18.7 Å². The molecule has 0 saturated carbocycles. The summed E-state index contributed by atoms with van der Waals surface area (Å²) in [6, 6.07) is 3.79. The summed E-state index contributed by atoms with van der Waals surface area (Å²) in [6.07, 6.45) is 0.285. The van der Waals surface area contributed by atoms with Crippen LogP contribution < -0.4 is 9.47 Å². The fourth-order valence-electron chi connectivity index (χ4n) is 1.32. The van der Waals surface area contributed by atoms with Gasteiger partial charge in [-0.1, -0.05) is 20.8 Å². The average molecular weight is 240 g/mol. The maximum absolute atomic E-state index is 12.9. The predicted molar refractivity (Wildman–Crippen MR) is 62.7 cm³/mol. The van der Waals surface area contributed by atoms with E-state index in [4.69, 9.17) is 9.47 Å². The molecule has 94 valence electrons. The summed E-state index contributed by atoms with van der Waals surface area (Å²) in [5, 5.41) is 0. The Morgan fingerprint density at radius 2 is 1.94 bits per heavy atom. The van der Waals surface area contributed by atoms with Crippen molar-refractivity contribution in [1.29, 1.82) is 0 Å². The average Bonchev–Trinajstić information content (AvgIpc) is 2.17. The maximum Gasteiger partial charge on any atom is 0.311 e. The van der Waals surface area contributed by atoms with E-state index in [0.717, 1.165) is 0 Å². The molecule has 4 heteroatoms. The molecule has 0 fully saturated rings. The summed E-state index contributed by atoms with van der Waals surface area (Å²) in [6.45, 7) is 5.82. The Balaban J connectivity index is 2.78. The number of hydrogen-bond acceptors (Lipinski definition) is 3. The number of hydrogen-bond donors (Lipinski definition) is 0. The van der Waals surface area contributed by atoms with Crippen LogP contribution in [0.15, 0.2) is 18.2 Å². The van der Waals surface area contributed by atoms with Crippen molar-refractivity contribution >= 4 is 5.97 Å². The van der Waals surface area contributed by atoms with Crippen LogP contribution in [0, 0.1) is 11.2 Å². The van der Waals surface area contributed by atoms with E-state index in [2.05, 4.69) is 0 Å². The van der Waals surface area contributed by atoms with Crippen LogP contribution in [0.5, 0.6) is 11.5 Å². The lowest BCUT2D eigenvalue weighted by Crippen LogP contribution is -2.17. The molecular weight excluding hydrogens is 223 g/mol. The van der Waals surface area contributed by atoms with Gasteiger partial charge in [0.05, 0.1) is 13.5 Å². The molecule has 0 saturated heterocycles. The minimum atomic E-state index is -0.433. The van der Waals surface area contributed by atoms with E-state index in [9.17, 15) is 9.18 Å². The van der Waals surface area contributed by atoms with Crippen LogP contribution in [0.4, 0.5) is 4.39 Å². The lowest BCUT2D eigenvalue weighted by Gasteiger charge is -2.17. The summed E-state index contributed by atoms with van der Waals surface area (Å²) < 4.78 is 23.0. The highest BCUT2D eigenvalue weighted by Gasteiger charge is 2.19. The zero-order chi connectivity index (χ0) is 13.1. The predicted octanol–water partition coefficient (Wildman–Crippen LogP) is 3.18. The quantitative estimate of drug-likeness (QED) is 0.601. The summed E-state index contributed by atoms with van der Waals surface area (Å²) in [7, 11) is 1.40. The summed E-state index contributed by atoms with van der Waals surface area (Å²) in [4.78, 5) is 11.6. The fraction of sp³-hybridized carbons (Fsp3) is 0.462. The minimum absolute atomic E-state index is 0.148. The van der Waals surface area contributed by atoms with Crippen molar-refractivity contribution in [2.24, 2.45) is 5.41 Å². The smallest absolute Gasteiger partial charge is 0.311 e. The molecular formula is C13H17FO3. The van der Waals surface area contributed by atoms with Crippen LogP contribution in [0.2, 0.25) is 0 Å². The molecule has 0 aliphatic heterocycles. The van der Waals surface area contributed by atoms with Gasteiger partial charge in [0, 0.05) is 6.07 Å². The van der Waals surface area contributed by atoms with Crippen molar-refractivity contribution in [3.05, 3.63) is 24.0 Å². The molecule has 0 bridgehead atoms. The Morgan fingerprint density at radius 1 is 1.29 bits per heavy atom. The highest BCUT2D eigenvalue weighted by atomic mass is 19.1. The van der Waals surface area contributed by atoms with Gasteiger partial charge in [0.15, 0.2) is 11.5 Å². The third-order valence-corrected chi connectivity index (χ3v) is 2.02. The molecule has 0 unspecified atom stereocenters. The zero-order valence-corrected chi connectivity index (χ0v) is 10.5. The Morgan fingerprint density at radius 3 is 2.47 bits per heavy atom. The van der Waals surface area contributed by atoms with Crippen LogP contribution in [-0.4, -0.2) is 13.1 Å². The van der Waals surface area contributed by atoms with Gasteiger partial charge >= 0.3 is 5.97 Å². The Kier molecular flexibility index (Phi) is 4.10. The van der Waals surface area contributed by atoms with Crippen LogP contribution in [0.25, 0.3) is 0 Å². The topological polar surface area (TPSA) is 35.5 Å². The molecule has 0 heterocycles. The van der Waals surface area contributed by atoms with E-state index >= 15 is 0 Å². The fourth-order valence-corrected chi connectivity index (χ4v) is 1.32. The van der Waals surface area contributed by atoms with Gasteiger partial charge < -0.3 is 9.47 Å². The molecule has 0 atom stereocenters. The lowest BCUT2D eigenvalue weighted by atomic mass is 9.92.